The van der Waals surface area contributed by atoms with E-state index in [-0.39, 0.29) is 6.03 Å². The zero-order valence-corrected chi connectivity index (χ0v) is 10.5. The third kappa shape index (κ3) is 5.19. The minimum atomic E-state index is -0.0795. The fourth-order valence-corrected chi connectivity index (χ4v) is 1.64. The molecule has 0 spiro atoms. The molecule has 98 valence electrons. The highest BCUT2D eigenvalue weighted by Crippen LogP contribution is 2.18. The zero-order chi connectivity index (χ0) is 12.6. The summed E-state index contributed by atoms with van der Waals surface area (Å²) < 4.78 is 5.47. The predicted molar refractivity (Wildman–Crippen MR) is 70.5 cm³/mol. The Kier molecular flexibility index (Phi) is 5.02. The summed E-state index contributed by atoms with van der Waals surface area (Å²) in [4.78, 5) is 11.3. The predicted octanol–water partition coefficient (Wildman–Crippen LogP) is 1.71. The van der Waals surface area contributed by atoms with Gasteiger partial charge < -0.3 is 15.4 Å². The van der Waals surface area contributed by atoms with E-state index in [2.05, 4.69) is 22.8 Å². The Morgan fingerprint density at radius 1 is 1.22 bits per heavy atom. The summed E-state index contributed by atoms with van der Waals surface area (Å²) in [6.07, 6.45) is 3.14. The zero-order valence-electron chi connectivity index (χ0n) is 10.5. The number of urea groups is 1. The third-order valence-electron chi connectivity index (χ3n) is 2.82. The van der Waals surface area contributed by atoms with Crippen LogP contribution in [0.5, 0.6) is 0 Å². The molecule has 1 aromatic carbocycles. The average molecular weight is 248 g/mol. The molecule has 0 atom stereocenters. The number of rotatable bonds is 7. The SMILES string of the molecule is O=C(NCCOCCc1ccccc1)NC1CC1. The van der Waals surface area contributed by atoms with Gasteiger partial charge in [-0.05, 0) is 24.8 Å². The van der Waals surface area contributed by atoms with Crippen LogP contribution in [0, 0.1) is 0 Å². The summed E-state index contributed by atoms with van der Waals surface area (Å²) in [5, 5.41) is 5.64. The Morgan fingerprint density at radius 2 is 2.00 bits per heavy atom. The van der Waals surface area contributed by atoms with Crippen LogP contribution < -0.4 is 10.6 Å². The van der Waals surface area contributed by atoms with Crippen molar-refractivity contribution in [3.05, 3.63) is 35.9 Å². The van der Waals surface area contributed by atoms with Gasteiger partial charge in [0.05, 0.1) is 13.2 Å². The highest BCUT2D eigenvalue weighted by molar-refractivity contribution is 5.74. The quantitative estimate of drug-likeness (QED) is 0.722. The lowest BCUT2D eigenvalue weighted by Crippen LogP contribution is -2.38. The molecular formula is C14H20N2O2. The van der Waals surface area contributed by atoms with Gasteiger partial charge in [0, 0.05) is 12.6 Å². The van der Waals surface area contributed by atoms with E-state index in [1.54, 1.807) is 0 Å². The minimum Gasteiger partial charge on any atom is -0.379 e. The summed E-state index contributed by atoms with van der Waals surface area (Å²) >= 11 is 0. The van der Waals surface area contributed by atoms with Gasteiger partial charge in [0.2, 0.25) is 0 Å². The maximum absolute atomic E-state index is 11.3. The van der Waals surface area contributed by atoms with Crippen LogP contribution >= 0.6 is 0 Å². The molecule has 1 aliphatic rings. The molecule has 1 aliphatic carbocycles. The fraction of sp³-hybridized carbons (Fsp3) is 0.500. The van der Waals surface area contributed by atoms with Gasteiger partial charge in [-0.25, -0.2) is 4.79 Å². The van der Waals surface area contributed by atoms with Gasteiger partial charge in [-0.3, -0.25) is 0 Å². The van der Waals surface area contributed by atoms with E-state index in [1.807, 2.05) is 18.2 Å². The fourth-order valence-electron chi connectivity index (χ4n) is 1.64. The van der Waals surface area contributed by atoms with Crippen LogP contribution in [0.4, 0.5) is 4.79 Å². The molecule has 0 aromatic heterocycles. The standard InChI is InChI=1S/C14H20N2O2/c17-14(16-13-6-7-13)15-9-11-18-10-8-12-4-2-1-3-5-12/h1-5,13H,6-11H2,(H2,15,16,17). The van der Waals surface area contributed by atoms with Crippen LogP contribution in [-0.4, -0.2) is 31.8 Å². The van der Waals surface area contributed by atoms with Crippen LogP contribution in [0.25, 0.3) is 0 Å². The number of amides is 2. The molecule has 1 saturated carbocycles. The number of nitrogens with one attached hydrogen (secondary N) is 2. The second-order valence-electron chi connectivity index (χ2n) is 4.52. The molecule has 1 aromatic rings. The maximum Gasteiger partial charge on any atom is 0.315 e. The molecule has 0 unspecified atom stereocenters. The molecule has 1 fully saturated rings. The van der Waals surface area contributed by atoms with Crippen molar-refractivity contribution in [3.63, 3.8) is 0 Å². The molecule has 0 heterocycles. The van der Waals surface area contributed by atoms with Crippen molar-refractivity contribution in [3.8, 4) is 0 Å². The molecule has 4 heteroatoms. The molecule has 2 rings (SSSR count). The van der Waals surface area contributed by atoms with Gasteiger partial charge in [0.1, 0.15) is 0 Å². The van der Waals surface area contributed by atoms with Crippen LogP contribution in [0.1, 0.15) is 18.4 Å². The highest BCUT2D eigenvalue weighted by Gasteiger charge is 2.22. The first-order valence-electron chi connectivity index (χ1n) is 6.50. The van der Waals surface area contributed by atoms with Crippen molar-refractivity contribution in [2.24, 2.45) is 0 Å². The van der Waals surface area contributed by atoms with Crippen LogP contribution in [0.2, 0.25) is 0 Å². The largest absolute Gasteiger partial charge is 0.379 e. The van der Waals surface area contributed by atoms with Crippen molar-refractivity contribution in [1.29, 1.82) is 0 Å². The molecular weight excluding hydrogens is 228 g/mol. The van der Waals surface area contributed by atoms with Gasteiger partial charge >= 0.3 is 6.03 Å². The Hall–Kier alpha value is -1.55. The Bertz CT molecular complexity index is 363. The Labute approximate surface area is 108 Å². The van der Waals surface area contributed by atoms with Crippen molar-refractivity contribution >= 4 is 6.03 Å². The first kappa shape index (κ1) is 12.9. The van der Waals surface area contributed by atoms with E-state index in [1.165, 1.54) is 5.56 Å². The number of hydrogen-bond acceptors (Lipinski definition) is 2. The van der Waals surface area contributed by atoms with E-state index < -0.39 is 0 Å². The summed E-state index contributed by atoms with van der Waals surface area (Å²) in [5.41, 5.74) is 1.27. The number of ether oxygens (including phenoxy) is 1. The molecule has 2 amide bonds. The third-order valence-corrected chi connectivity index (χ3v) is 2.82. The summed E-state index contributed by atoms with van der Waals surface area (Å²) in [7, 11) is 0. The first-order valence-corrected chi connectivity index (χ1v) is 6.50. The van der Waals surface area contributed by atoms with E-state index in [9.17, 15) is 4.79 Å². The van der Waals surface area contributed by atoms with E-state index >= 15 is 0 Å². The van der Waals surface area contributed by atoms with Crippen molar-refractivity contribution in [1.82, 2.24) is 10.6 Å². The Balaban J connectivity index is 1.45. The Morgan fingerprint density at radius 3 is 2.72 bits per heavy atom. The van der Waals surface area contributed by atoms with Crippen LogP contribution in [0.3, 0.4) is 0 Å². The molecule has 0 radical (unpaired) electrons. The molecule has 2 N–H and O–H groups in total. The van der Waals surface area contributed by atoms with Gasteiger partial charge in [0.25, 0.3) is 0 Å². The van der Waals surface area contributed by atoms with Crippen LogP contribution in [0.15, 0.2) is 30.3 Å². The van der Waals surface area contributed by atoms with Crippen LogP contribution in [-0.2, 0) is 11.2 Å². The number of hydrogen-bond donors (Lipinski definition) is 2. The smallest absolute Gasteiger partial charge is 0.315 e. The average Bonchev–Trinajstić information content (AvgIpc) is 3.19. The summed E-state index contributed by atoms with van der Waals surface area (Å²) in [6.45, 7) is 1.81. The molecule has 4 nitrogen and oxygen atoms in total. The van der Waals surface area contributed by atoms with E-state index in [0.29, 0.717) is 25.8 Å². The van der Waals surface area contributed by atoms with Gasteiger partial charge in [-0.15, -0.1) is 0 Å². The van der Waals surface area contributed by atoms with E-state index in [0.717, 1.165) is 19.3 Å². The number of benzene rings is 1. The monoisotopic (exact) mass is 248 g/mol. The lowest BCUT2D eigenvalue weighted by atomic mass is 10.2. The lowest BCUT2D eigenvalue weighted by molar-refractivity contribution is 0.139. The van der Waals surface area contributed by atoms with Gasteiger partial charge in [-0.1, -0.05) is 30.3 Å². The van der Waals surface area contributed by atoms with Crippen molar-refractivity contribution < 1.29 is 9.53 Å². The second kappa shape index (κ2) is 7.01. The second-order valence-corrected chi connectivity index (χ2v) is 4.52. The van der Waals surface area contributed by atoms with E-state index in [4.69, 9.17) is 4.74 Å². The molecule has 0 saturated heterocycles. The number of carbonyl (C=O) groups is 1. The summed E-state index contributed by atoms with van der Waals surface area (Å²) in [5.74, 6) is 0. The highest BCUT2D eigenvalue weighted by atomic mass is 16.5. The molecule has 18 heavy (non-hydrogen) atoms. The molecule has 0 aliphatic heterocycles. The lowest BCUT2D eigenvalue weighted by Gasteiger charge is -2.07. The molecule has 0 bridgehead atoms. The normalized spacial score (nSPS) is 14.2. The maximum atomic E-state index is 11.3. The van der Waals surface area contributed by atoms with Gasteiger partial charge in [0.15, 0.2) is 0 Å². The minimum absolute atomic E-state index is 0.0795. The number of carbonyl (C=O) groups excluding carboxylic acids is 1. The first-order chi connectivity index (χ1) is 8.84. The topological polar surface area (TPSA) is 50.4 Å². The van der Waals surface area contributed by atoms with Crippen molar-refractivity contribution in [2.45, 2.75) is 25.3 Å². The van der Waals surface area contributed by atoms with Gasteiger partial charge in [-0.2, -0.15) is 0 Å². The van der Waals surface area contributed by atoms with Crippen molar-refractivity contribution in [2.75, 3.05) is 19.8 Å². The summed E-state index contributed by atoms with van der Waals surface area (Å²) in [6, 6.07) is 10.6.